The molecule has 0 fully saturated rings. The summed E-state index contributed by atoms with van der Waals surface area (Å²) in [6.45, 7) is 0.734. The van der Waals surface area contributed by atoms with E-state index in [4.69, 9.17) is 22.1 Å². The predicted octanol–water partition coefficient (Wildman–Crippen LogP) is 2.14. The lowest BCUT2D eigenvalue weighted by atomic mass is 10.2. The summed E-state index contributed by atoms with van der Waals surface area (Å²) >= 11 is 10.6. The molecule has 0 radical (unpaired) electrons. The first-order chi connectivity index (χ1) is 6.20. The zero-order valence-electron chi connectivity index (χ0n) is 7.00. The van der Waals surface area contributed by atoms with Crippen molar-refractivity contribution in [2.45, 2.75) is 6.61 Å². The molecule has 0 unspecified atom stereocenters. The van der Waals surface area contributed by atoms with Gasteiger partial charge in [0.05, 0.1) is 18.2 Å². The van der Waals surface area contributed by atoms with Crippen LogP contribution in [0.4, 0.5) is 0 Å². The standard InChI is InChI=1S/C9H10ClNOS/c10-8-4-2-1-3-7(8)5-12-6-9(11)13/h1-4H,5-6H2,(H2,11,13). The molecule has 1 rings (SSSR count). The molecule has 2 N–H and O–H groups in total. The second-order valence-electron chi connectivity index (χ2n) is 2.55. The zero-order valence-corrected chi connectivity index (χ0v) is 8.57. The van der Waals surface area contributed by atoms with Crippen molar-refractivity contribution in [3.63, 3.8) is 0 Å². The fourth-order valence-corrected chi connectivity index (χ4v) is 1.15. The van der Waals surface area contributed by atoms with Crippen LogP contribution in [0.15, 0.2) is 24.3 Å². The van der Waals surface area contributed by atoms with Gasteiger partial charge in [0.15, 0.2) is 0 Å². The normalized spacial score (nSPS) is 9.92. The molecule has 70 valence electrons. The molecule has 0 aliphatic carbocycles. The van der Waals surface area contributed by atoms with Crippen LogP contribution in [0.25, 0.3) is 0 Å². The van der Waals surface area contributed by atoms with Crippen LogP contribution in [0.2, 0.25) is 5.02 Å². The SMILES string of the molecule is NC(=S)COCc1ccccc1Cl. The van der Waals surface area contributed by atoms with Gasteiger partial charge in [0.1, 0.15) is 0 Å². The van der Waals surface area contributed by atoms with Gasteiger partial charge in [-0.05, 0) is 11.6 Å². The highest BCUT2D eigenvalue weighted by atomic mass is 35.5. The summed E-state index contributed by atoms with van der Waals surface area (Å²) in [5.41, 5.74) is 6.21. The zero-order chi connectivity index (χ0) is 9.68. The molecule has 0 saturated heterocycles. The molecule has 0 spiro atoms. The first-order valence-corrected chi connectivity index (χ1v) is 4.58. The van der Waals surface area contributed by atoms with Crippen LogP contribution in [0.5, 0.6) is 0 Å². The third-order valence-corrected chi connectivity index (χ3v) is 1.95. The van der Waals surface area contributed by atoms with Gasteiger partial charge < -0.3 is 10.5 Å². The van der Waals surface area contributed by atoms with E-state index in [-0.39, 0.29) is 0 Å². The molecule has 1 aromatic rings. The minimum Gasteiger partial charge on any atom is -0.391 e. The third-order valence-electron chi connectivity index (χ3n) is 1.46. The van der Waals surface area contributed by atoms with E-state index in [9.17, 15) is 0 Å². The maximum absolute atomic E-state index is 5.90. The van der Waals surface area contributed by atoms with Crippen molar-refractivity contribution in [1.29, 1.82) is 0 Å². The first-order valence-electron chi connectivity index (χ1n) is 3.79. The summed E-state index contributed by atoms with van der Waals surface area (Å²) in [5, 5.41) is 0.699. The van der Waals surface area contributed by atoms with Crippen LogP contribution >= 0.6 is 23.8 Å². The van der Waals surface area contributed by atoms with Crippen LogP contribution < -0.4 is 5.73 Å². The summed E-state index contributed by atoms with van der Waals surface area (Å²) in [6.07, 6.45) is 0. The van der Waals surface area contributed by atoms with E-state index in [2.05, 4.69) is 12.2 Å². The minimum absolute atomic E-state index is 0.292. The van der Waals surface area contributed by atoms with E-state index in [1.165, 1.54) is 0 Å². The molecule has 0 aromatic heterocycles. The second-order valence-corrected chi connectivity index (χ2v) is 3.48. The molecule has 0 atom stereocenters. The average Bonchev–Trinajstić information content (AvgIpc) is 2.08. The van der Waals surface area contributed by atoms with Gasteiger partial charge in [-0.3, -0.25) is 0 Å². The number of hydrogen-bond donors (Lipinski definition) is 1. The Labute approximate surface area is 87.6 Å². The molecule has 1 aromatic carbocycles. The van der Waals surface area contributed by atoms with E-state index in [1.807, 2.05) is 24.3 Å². The molecule has 2 nitrogen and oxygen atoms in total. The number of halogens is 1. The summed E-state index contributed by atoms with van der Waals surface area (Å²) < 4.78 is 5.21. The lowest BCUT2D eigenvalue weighted by molar-refractivity contribution is 0.159. The quantitative estimate of drug-likeness (QED) is 0.782. The highest BCUT2D eigenvalue weighted by Crippen LogP contribution is 2.15. The Morgan fingerprint density at radius 3 is 2.77 bits per heavy atom. The Hall–Kier alpha value is -0.640. The van der Waals surface area contributed by atoms with E-state index < -0.39 is 0 Å². The number of thiocarbonyl (C=S) groups is 1. The lowest BCUT2D eigenvalue weighted by Crippen LogP contribution is -2.15. The Morgan fingerprint density at radius 1 is 1.46 bits per heavy atom. The second kappa shape index (κ2) is 5.17. The molecule has 0 amide bonds. The topological polar surface area (TPSA) is 35.2 Å². The molecule has 13 heavy (non-hydrogen) atoms. The summed E-state index contributed by atoms with van der Waals surface area (Å²) in [6, 6.07) is 7.51. The van der Waals surface area contributed by atoms with Gasteiger partial charge in [-0.1, -0.05) is 42.0 Å². The van der Waals surface area contributed by atoms with Gasteiger partial charge in [0.2, 0.25) is 0 Å². The number of nitrogens with two attached hydrogens (primary N) is 1. The van der Waals surface area contributed by atoms with Gasteiger partial charge >= 0.3 is 0 Å². The molecule has 0 heterocycles. The van der Waals surface area contributed by atoms with Crippen molar-refractivity contribution in [3.8, 4) is 0 Å². The predicted molar refractivity (Wildman–Crippen MR) is 57.9 cm³/mol. The smallest absolute Gasteiger partial charge is 0.0989 e. The van der Waals surface area contributed by atoms with Crippen molar-refractivity contribution in [2.24, 2.45) is 5.73 Å². The Kier molecular flexibility index (Phi) is 4.15. The maximum Gasteiger partial charge on any atom is 0.0989 e. The molecule has 4 heteroatoms. The number of rotatable bonds is 4. The molecule has 0 bridgehead atoms. The Morgan fingerprint density at radius 2 is 2.15 bits per heavy atom. The molecular weight excluding hydrogens is 206 g/mol. The monoisotopic (exact) mass is 215 g/mol. The largest absolute Gasteiger partial charge is 0.391 e. The number of hydrogen-bond acceptors (Lipinski definition) is 2. The third kappa shape index (κ3) is 3.72. The van der Waals surface area contributed by atoms with Crippen molar-refractivity contribution in [1.82, 2.24) is 0 Å². The van der Waals surface area contributed by atoms with Crippen LogP contribution in [-0.4, -0.2) is 11.6 Å². The summed E-state index contributed by atoms with van der Waals surface area (Å²) in [7, 11) is 0. The van der Waals surface area contributed by atoms with Crippen molar-refractivity contribution >= 4 is 28.8 Å². The molecule has 0 aliphatic heterocycles. The molecule has 0 saturated carbocycles. The lowest BCUT2D eigenvalue weighted by Gasteiger charge is -2.04. The van der Waals surface area contributed by atoms with Crippen molar-refractivity contribution in [3.05, 3.63) is 34.9 Å². The molecular formula is C9H10ClNOS. The Balaban J connectivity index is 2.45. The highest BCUT2D eigenvalue weighted by molar-refractivity contribution is 7.80. The van der Waals surface area contributed by atoms with Crippen molar-refractivity contribution < 1.29 is 4.74 Å². The van der Waals surface area contributed by atoms with E-state index in [1.54, 1.807) is 0 Å². The fraction of sp³-hybridized carbons (Fsp3) is 0.222. The highest BCUT2D eigenvalue weighted by Gasteiger charge is 1.98. The van der Waals surface area contributed by atoms with Crippen LogP contribution in [0.1, 0.15) is 5.56 Å². The summed E-state index contributed by atoms with van der Waals surface area (Å²) in [5.74, 6) is 0. The van der Waals surface area contributed by atoms with E-state index in [0.29, 0.717) is 23.2 Å². The van der Waals surface area contributed by atoms with Gasteiger partial charge in [-0.15, -0.1) is 0 Å². The fourth-order valence-electron chi connectivity index (χ4n) is 0.877. The van der Waals surface area contributed by atoms with Crippen LogP contribution in [0, 0.1) is 0 Å². The van der Waals surface area contributed by atoms with E-state index >= 15 is 0 Å². The average molecular weight is 216 g/mol. The van der Waals surface area contributed by atoms with Gasteiger partial charge in [-0.25, -0.2) is 0 Å². The maximum atomic E-state index is 5.90. The summed E-state index contributed by atoms with van der Waals surface area (Å²) in [4.78, 5) is 0.354. The molecule has 0 aliphatic rings. The number of benzene rings is 1. The van der Waals surface area contributed by atoms with E-state index in [0.717, 1.165) is 5.56 Å². The van der Waals surface area contributed by atoms with Gasteiger partial charge in [-0.2, -0.15) is 0 Å². The van der Waals surface area contributed by atoms with Crippen molar-refractivity contribution in [2.75, 3.05) is 6.61 Å². The van der Waals surface area contributed by atoms with Gasteiger partial charge in [0.25, 0.3) is 0 Å². The first kappa shape index (κ1) is 10.4. The van der Waals surface area contributed by atoms with Gasteiger partial charge in [0, 0.05) is 5.02 Å². The Bertz CT molecular complexity index is 303. The minimum atomic E-state index is 0.292. The van der Waals surface area contributed by atoms with Crippen LogP contribution in [0.3, 0.4) is 0 Å². The number of ether oxygens (including phenoxy) is 1. The van der Waals surface area contributed by atoms with Crippen LogP contribution in [-0.2, 0) is 11.3 Å².